The minimum Gasteiger partial charge on any atom is -0.489 e. The molecule has 0 bridgehead atoms. The van der Waals surface area contributed by atoms with E-state index < -0.39 is 36.1 Å². The third-order valence-electron chi connectivity index (χ3n) is 6.86. The fraction of sp³-hybridized carbons (Fsp3) is 0.226. The lowest BCUT2D eigenvalue weighted by molar-refractivity contribution is -0.166. The van der Waals surface area contributed by atoms with Gasteiger partial charge in [-0.15, -0.1) is 23.1 Å². The van der Waals surface area contributed by atoms with Gasteiger partial charge in [-0.3, -0.25) is 24.1 Å². The Balaban J connectivity index is 1.16. The lowest BCUT2D eigenvalue weighted by Crippen LogP contribution is -2.70. The van der Waals surface area contributed by atoms with Gasteiger partial charge < -0.3 is 23.9 Å². The number of thioether (sulfide) groups is 1. The predicted molar refractivity (Wildman–Crippen MR) is 164 cm³/mol. The highest BCUT2D eigenvalue weighted by atomic mass is 32.2. The minimum atomic E-state index is -0.837. The third kappa shape index (κ3) is 6.61. The number of hydrogen-bond acceptors (Lipinski definition) is 12. The molecule has 6 rings (SSSR count). The zero-order valence-electron chi connectivity index (χ0n) is 23.7. The van der Waals surface area contributed by atoms with Crippen LogP contribution in [0.25, 0.3) is 22.6 Å². The molecule has 2 atom stereocenters. The van der Waals surface area contributed by atoms with Gasteiger partial charge in [-0.05, 0) is 47.4 Å². The van der Waals surface area contributed by atoms with Gasteiger partial charge in [-0.1, -0.05) is 12.1 Å². The van der Waals surface area contributed by atoms with Gasteiger partial charge in [0.15, 0.2) is 16.8 Å². The van der Waals surface area contributed by atoms with Gasteiger partial charge in [0, 0.05) is 29.7 Å². The largest absolute Gasteiger partial charge is 0.489 e. The van der Waals surface area contributed by atoms with E-state index in [2.05, 4.69) is 10.3 Å². The number of amides is 2. The SMILES string of the molecule is CC(=O)OCOC(=O)C1=C(/C=C\COc2ccc3nc4ccc(=O)cc-4oc3c2)CS[C@@H]2[C@H](NC(=O)Cc3cccs3)C(=O)N12. The smallest absolute Gasteiger partial charge is 0.358 e. The number of β-lactam (4-membered cyclic amide) rings is 1. The Hall–Kier alpha value is -4.95. The molecule has 1 aromatic heterocycles. The Morgan fingerprint density at radius 2 is 2.00 bits per heavy atom. The Labute approximate surface area is 264 Å². The molecule has 4 heterocycles. The van der Waals surface area contributed by atoms with Crippen molar-refractivity contribution in [3.8, 4) is 17.2 Å². The number of ether oxygens (including phenoxy) is 3. The second-order valence-electron chi connectivity index (χ2n) is 9.96. The van der Waals surface area contributed by atoms with Crippen LogP contribution in [-0.2, 0) is 35.1 Å². The van der Waals surface area contributed by atoms with Crippen molar-refractivity contribution in [3.05, 3.63) is 92.4 Å². The fourth-order valence-electron chi connectivity index (χ4n) is 4.80. The van der Waals surface area contributed by atoms with Crippen molar-refractivity contribution in [1.82, 2.24) is 15.2 Å². The van der Waals surface area contributed by atoms with Crippen molar-refractivity contribution in [2.75, 3.05) is 19.2 Å². The van der Waals surface area contributed by atoms with E-state index in [0.717, 1.165) is 4.88 Å². The molecule has 230 valence electrons. The molecule has 1 saturated heterocycles. The lowest BCUT2D eigenvalue weighted by Gasteiger charge is -2.49. The highest BCUT2D eigenvalue weighted by molar-refractivity contribution is 8.00. The Morgan fingerprint density at radius 1 is 1.13 bits per heavy atom. The number of benzene rings is 2. The molecule has 12 nitrogen and oxygen atoms in total. The molecule has 14 heteroatoms. The first kappa shape index (κ1) is 30.1. The summed E-state index contributed by atoms with van der Waals surface area (Å²) < 4.78 is 21.6. The average Bonchev–Trinajstić information content (AvgIpc) is 3.53. The number of carbonyl (C=O) groups excluding carboxylic acids is 4. The zero-order valence-corrected chi connectivity index (χ0v) is 25.4. The van der Waals surface area contributed by atoms with Crippen molar-refractivity contribution >= 4 is 58.0 Å². The van der Waals surface area contributed by atoms with Crippen LogP contribution in [0, 0.1) is 0 Å². The number of aromatic nitrogens is 1. The summed E-state index contributed by atoms with van der Waals surface area (Å²) >= 11 is 2.85. The van der Waals surface area contributed by atoms with Crippen molar-refractivity contribution in [2.45, 2.75) is 24.8 Å². The molecule has 2 aromatic rings. The molecule has 1 aliphatic carbocycles. The van der Waals surface area contributed by atoms with E-state index in [1.54, 1.807) is 36.4 Å². The topological polar surface area (TPSA) is 154 Å². The van der Waals surface area contributed by atoms with E-state index in [1.807, 2.05) is 17.5 Å². The molecule has 0 spiro atoms. The summed E-state index contributed by atoms with van der Waals surface area (Å²) in [5, 5.41) is 4.15. The summed E-state index contributed by atoms with van der Waals surface area (Å²) in [6.07, 6.45) is 3.50. The Bertz CT molecular complexity index is 1880. The maximum Gasteiger partial charge on any atom is 0.358 e. The zero-order chi connectivity index (χ0) is 31.5. The summed E-state index contributed by atoms with van der Waals surface area (Å²) in [4.78, 5) is 68.4. The third-order valence-corrected chi connectivity index (χ3v) is 9.04. The molecule has 2 amide bonds. The second-order valence-corrected chi connectivity index (χ2v) is 12.1. The van der Waals surface area contributed by atoms with Gasteiger partial charge in [0.25, 0.3) is 5.91 Å². The number of hydrogen-bond donors (Lipinski definition) is 1. The molecule has 4 aliphatic rings. The predicted octanol–water partition coefficient (Wildman–Crippen LogP) is 3.25. The number of fused-ring (bicyclic) bond motifs is 3. The number of carbonyl (C=O) groups is 4. The first-order valence-electron chi connectivity index (χ1n) is 13.7. The monoisotopic (exact) mass is 647 g/mol. The maximum absolute atomic E-state index is 13.2. The molecular weight excluding hydrogens is 622 g/mol. The van der Waals surface area contributed by atoms with Crippen LogP contribution in [-0.4, -0.2) is 64.2 Å². The van der Waals surface area contributed by atoms with E-state index in [9.17, 15) is 24.0 Å². The summed E-state index contributed by atoms with van der Waals surface area (Å²) in [7, 11) is 0. The molecule has 1 fully saturated rings. The number of thiophene rings is 1. The Kier molecular flexibility index (Phi) is 8.67. The summed E-state index contributed by atoms with van der Waals surface area (Å²) in [6, 6.07) is 12.4. The summed E-state index contributed by atoms with van der Waals surface area (Å²) in [5.41, 5.74) is 1.93. The molecule has 3 aliphatic heterocycles. The van der Waals surface area contributed by atoms with Crippen LogP contribution < -0.4 is 15.5 Å². The van der Waals surface area contributed by atoms with Gasteiger partial charge >= 0.3 is 11.9 Å². The number of nitrogens with zero attached hydrogens (tertiary/aromatic N) is 2. The van der Waals surface area contributed by atoms with Crippen molar-refractivity contribution < 1.29 is 37.8 Å². The van der Waals surface area contributed by atoms with Crippen LogP contribution in [0.3, 0.4) is 0 Å². The summed E-state index contributed by atoms with van der Waals surface area (Å²) in [5.74, 6) is -1.00. The van der Waals surface area contributed by atoms with Crippen molar-refractivity contribution in [1.29, 1.82) is 0 Å². The Morgan fingerprint density at radius 3 is 2.80 bits per heavy atom. The highest BCUT2D eigenvalue weighted by Crippen LogP contribution is 2.41. The molecule has 0 unspecified atom stereocenters. The first-order chi connectivity index (χ1) is 21.8. The van der Waals surface area contributed by atoms with E-state index in [4.69, 9.17) is 18.6 Å². The van der Waals surface area contributed by atoms with Gasteiger partial charge in [0.2, 0.25) is 12.7 Å². The van der Waals surface area contributed by atoms with Crippen LogP contribution in [0.1, 0.15) is 11.8 Å². The number of allylic oxidation sites excluding steroid dienone is 1. The quantitative estimate of drug-likeness (QED) is 0.117. The number of nitrogens with one attached hydrogen (secondary N) is 1. The molecule has 0 saturated carbocycles. The first-order valence-corrected chi connectivity index (χ1v) is 15.6. The molecule has 1 aromatic carbocycles. The van der Waals surface area contributed by atoms with Crippen LogP contribution in [0.15, 0.2) is 86.5 Å². The van der Waals surface area contributed by atoms with Crippen LogP contribution >= 0.6 is 23.1 Å². The maximum atomic E-state index is 13.2. The fourth-order valence-corrected chi connectivity index (χ4v) is 6.82. The van der Waals surface area contributed by atoms with E-state index >= 15 is 0 Å². The van der Waals surface area contributed by atoms with Gasteiger partial charge in [0.05, 0.1) is 6.42 Å². The molecule has 0 radical (unpaired) electrons. The van der Waals surface area contributed by atoms with Crippen molar-refractivity contribution in [2.24, 2.45) is 0 Å². The minimum absolute atomic E-state index is 0.0103. The van der Waals surface area contributed by atoms with Gasteiger partial charge in [0.1, 0.15) is 40.7 Å². The normalized spacial score (nSPS) is 17.7. The number of esters is 2. The van der Waals surface area contributed by atoms with Crippen LogP contribution in [0.2, 0.25) is 0 Å². The van der Waals surface area contributed by atoms with Gasteiger partial charge in [-0.2, -0.15) is 0 Å². The van der Waals surface area contributed by atoms with Crippen LogP contribution in [0.5, 0.6) is 5.75 Å². The molecule has 1 N–H and O–H groups in total. The average molecular weight is 648 g/mol. The molecule has 45 heavy (non-hydrogen) atoms. The molecular formula is C31H25N3O9S2. The highest BCUT2D eigenvalue weighted by Gasteiger charge is 2.54. The van der Waals surface area contributed by atoms with E-state index in [-0.39, 0.29) is 30.1 Å². The number of rotatable bonds is 10. The lowest BCUT2D eigenvalue weighted by atomic mass is 10.0. The van der Waals surface area contributed by atoms with E-state index in [1.165, 1.54) is 47.1 Å². The standard InChI is InChI=1S/C31H25N3O9S2/c1-17(35)41-16-42-31(39)28-18(15-45-30-27(29(38)34(28)30)33-26(37)14-21-5-3-11-44-21)4-2-10-40-20-7-9-23-25(13-20)43-24-12-19(36)6-8-22(24)32-23/h2-9,11-13,27,30H,10,14-16H2,1H3,(H,33,37)/b4-2-/t27-,30-/m1/s1. The summed E-state index contributed by atoms with van der Waals surface area (Å²) in [6.45, 7) is 0.688. The van der Waals surface area contributed by atoms with E-state index in [0.29, 0.717) is 39.6 Å². The second kappa shape index (κ2) is 13.0. The van der Waals surface area contributed by atoms with Crippen molar-refractivity contribution in [3.63, 3.8) is 0 Å². The van der Waals surface area contributed by atoms with Crippen LogP contribution in [0.4, 0.5) is 0 Å². The van der Waals surface area contributed by atoms with Gasteiger partial charge in [-0.25, -0.2) is 9.78 Å².